The maximum atomic E-state index is 11.8. The van der Waals surface area contributed by atoms with Crippen molar-refractivity contribution in [1.82, 2.24) is 5.32 Å². The standard InChI is InChI=1S/C16H23NO3/c1-3-4-6-11-15(18)13(2)17-16(19)20-12-14-9-7-5-8-10-14/h5,7-10,13H,3-4,6,11-12H2,1-2H3,(H,17,19). The number of hydrogen-bond donors (Lipinski definition) is 1. The Balaban J connectivity index is 2.25. The highest BCUT2D eigenvalue weighted by Gasteiger charge is 2.15. The number of nitrogens with one attached hydrogen (secondary N) is 1. The van der Waals surface area contributed by atoms with Crippen LogP contribution in [0.2, 0.25) is 0 Å². The van der Waals surface area contributed by atoms with Gasteiger partial charge in [-0.1, -0.05) is 50.1 Å². The molecule has 0 aromatic heterocycles. The van der Waals surface area contributed by atoms with Crippen LogP contribution >= 0.6 is 0 Å². The van der Waals surface area contributed by atoms with Gasteiger partial charge in [-0.3, -0.25) is 4.79 Å². The summed E-state index contributed by atoms with van der Waals surface area (Å²) in [4.78, 5) is 23.3. The molecule has 1 aromatic carbocycles. The zero-order valence-corrected chi connectivity index (χ0v) is 12.2. The summed E-state index contributed by atoms with van der Waals surface area (Å²) >= 11 is 0. The number of ether oxygens (including phenoxy) is 1. The average molecular weight is 277 g/mol. The molecule has 1 aromatic rings. The summed E-state index contributed by atoms with van der Waals surface area (Å²) in [7, 11) is 0. The fourth-order valence-corrected chi connectivity index (χ4v) is 1.79. The molecule has 0 aliphatic heterocycles. The first-order chi connectivity index (χ1) is 9.63. The first-order valence-electron chi connectivity index (χ1n) is 7.13. The molecule has 0 bridgehead atoms. The van der Waals surface area contributed by atoms with E-state index in [-0.39, 0.29) is 12.4 Å². The number of ketones is 1. The largest absolute Gasteiger partial charge is 0.445 e. The van der Waals surface area contributed by atoms with Crippen molar-refractivity contribution < 1.29 is 14.3 Å². The number of Topliss-reactive ketones (excluding diaryl/α,β-unsaturated/α-hetero) is 1. The van der Waals surface area contributed by atoms with Crippen molar-refractivity contribution >= 4 is 11.9 Å². The lowest BCUT2D eigenvalue weighted by Gasteiger charge is -2.13. The van der Waals surface area contributed by atoms with Crippen molar-refractivity contribution in [1.29, 1.82) is 0 Å². The third-order valence-corrected chi connectivity index (χ3v) is 3.06. The molecule has 0 radical (unpaired) electrons. The van der Waals surface area contributed by atoms with Gasteiger partial charge in [-0.15, -0.1) is 0 Å². The molecule has 0 heterocycles. The summed E-state index contributed by atoms with van der Waals surface area (Å²) in [6, 6.07) is 8.95. The molecule has 0 aliphatic carbocycles. The van der Waals surface area contributed by atoms with E-state index in [1.807, 2.05) is 30.3 Å². The molecule has 0 saturated carbocycles. The predicted octanol–water partition coefficient (Wildman–Crippen LogP) is 3.45. The Morgan fingerprint density at radius 3 is 2.55 bits per heavy atom. The van der Waals surface area contributed by atoms with Gasteiger partial charge in [-0.05, 0) is 18.9 Å². The number of benzene rings is 1. The number of carbonyl (C=O) groups excluding carboxylic acids is 2. The van der Waals surface area contributed by atoms with Gasteiger partial charge < -0.3 is 10.1 Å². The van der Waals surface area contributed by atoms with E-state index in [0.717, 1.165) is 24.8 Å². The van der Waals surface area contributed by atoms with Crippen molar-refractivity contribution in [3.63, 3.8) is 0 Å². The molecule has 1 atom stereocenters. The zero-order valence-electron chi connectivity index (χ0n) is 12.2. The van der Waals surface area contributed by atoms with Crippen LogP contribution in [0.4, 0.5) is 4.79 Å². The molecule has 1 unspecified atom stereocenters. The first kappa shape index (κ1) is 16.2. The van der Waals surface area contributed by atoms with E-state index < -0.39 is 12.1 Å². The minimum Gasteiger partial charge on any atom is -0.445 e. The molecular weight excluding hydrogens is 254 g/mol. The Bertz CT molecular complexity index is 417. The second-order valence-corrected chi connectivity index (χ2v) is 4.85. The molecule has 0 saturated heterocycles. The van der Waals surface area contributed by atoms with Crippen LogP contribution in [0.15, 0.2) is 30.3 Å². The SMILES string of the molecule is CCCCCC(=O)C(C)NC(=O)OCc1ccccc1. The summed E-state index contributed by atoms with van der Waals surface area (Å²) in [6.07, 6.45) is 2.95. The minimum absolute atomic E-state index is 0.0510. The predicted molar refractivity (Wildman–Crippen MR) is 78.4 cm³/mol. The van der Waals surface area contributed by atoms with Crippen molar-refractivity contribution in [2.45, 2.75) is 52.2 Å². The van der Waals surface area contributed by atoms with Crippen molar-refractivity contribution in [3.8, 4) is 0 Å². The Morgan fingerprint density at radius 1 is 1.20 bits per heavy atom. The van der Waals surface area contributed by atoms with Crippen molar-refractivity contribution in [3.05, 3.63) is 35.9 Å². The Morgan fingerprint density at radius 2 is 1.90 bits per heavy atom. The smallest absolute Gasteiger partial charge is 0.408 e. The highest BCUT2D eigenvalue weighted by molar-refractivity contribution is 5.86. The highest BCUT2D eigenvalue weighted by atomic mass is 16.5. The average Bonchev–Trinajstić information content (AvgIpc) is 2.46. The van der Waals surface area contributed by atoms with E-state index in [0.29, 0.717) is 6.42 Å². The first-order valence-corrected chi connectivity index (χ1v) is 7.13. The molecule has 20 heavy (non-hydrogen) atoms. The lowest BCUT2D eigenvalue weighted by molar-refractivity contribution is -0.120. The summed E-state index contributed by atoms with van der Waals surface area (Å²) in [5.41, 5.74) is 0.921. The second-order valence-electron chi connectivity index (χ2n) is 4.85. The van der Waals surface area contributed by atoms with Crippen LogP contribution in [-0.2, 0) is 16.1 Å². The van der Waals surface area contributed by atoms with Crippen LogP contribution in [0.3, 0.4) is 0 Å². The molecule has 110 valence electrons. The van der Waals surface area contributed by atoms with Gasteiger partial charge in [0.25, 0.3) is 0 Å². The van der Waals surface area contributed by atoms with Gasteiger partial charge in [0, 0.05) is 6.42 Å². The van der Waals surface area contributed by atoms with Gasteiger partial charge in [0.2, 0.25) is 0 Å². The third-order valence-electron chi connectivity index (χ3n) is 3.06. The topological polar surface area (TPSA) is 55.4 Å². The Kier molecular flexibility index (Phi) is 7.40. The number of hydrogen-bond acceptors (Lipinski definition) is 3. The van der Waals surface area contributed by atoms with E-state index in [4.69, 9.17) is 4.74 Å². The monoisotopic (exact) mass is 277 g/mol. The summed E-state index contributed by atoms with van der Waals surface area (Å²) < 4.78 is 5.07. The lowest BCUT2D eigenvalue weighted by atomic mass is 10.1. The molecule has 1 N–H and O–H groups in total. The number of unbranched alkanes of at least 4 members (excludes halogenated alkanes) is 2. The molecule has 0 aliphatic rings. The van der Waals surface area contributed by atoms with Crippen LogP contribution < -0.4 is 5.32 Å². The molecule has 1 amide bonds. The van der Waals surface area contributed by atoms with Crippen molar-refractivity contribution in [2.75, 3.05) is 0 Å². The number of alkyl carbamates (subject to hydrolysis) is 1. The second kappa shape index (κ2) is 9.13. The molecule has 4 nitrogen and oxygen atoms in total. The fraction of sp³-hybridized carbons (Fsp3) is 0.500. The molecular formula is C16H23NO3. The molecule has 4 heteroatoms. The Hall–Kier alpha value is -1.84. The van der Waals surface area contributed by atoms with Gasteiger partial charge in [-0.25, -0.2) is 4.79 Å². The number of carbonyl (C=O) groups is 2. The van der Waals surface area contributed by atoms with Gasteiger partial charge in [0.1, 0.15) is 6.61 Å². The number of rotatable bonds is 8. The van der Waals surface area contributed by atoms with E-state index in [1.165, 1.54) is 0 Å². The van der Waals surface area contributed by atoms with Gasteiger partial charge in [0.15, 0.2) is 5.78 Å². The summed E-state index contributed by atoms with van der Waals surface area (Å²) in [5, 5.41) is 2.57. The van der Waals surface area contributed by atoms with E-state index in [2.05, 4.69) is 12.2 Å². The normalized spacial score (nSPS) is 11.7. The Labute approximate surface area is 120 Å². The summed E-state index contributed by atoms with van der Waals surface area (Å²) in [5.74, 6) is 0.0510. The maximum Gasteiger partial charge on any atom is 0.408 e. The van der Waals surface area contributed by atoms with Gasteiger partial charge in [0.05, 0.1) is 6.04 Å². The van der Waals surface area contributed by atoms with Crippen LogP contribution in [0, 0.1) is 0 Å². The molecule has 1 rings (SSSR count). The molecule has 0 fully saturated rings. The van der Waals surface area contributed by atoms with Gasteiger partial charge in [-0.2, -0.15) is 0 Å². The maximum absolute atomic E-state index is 11.8. The van der Waals surface area contributed by atoms with Crippen LogP contribution in [0.25, 0.3) is 0 Å². The van der Waals surface area contributed by atoms with E-state index >= 15 is 0 Å². The quantitative estimate of drug-likeness (QED) is 0.740. The third kappa shape index (κ3) is 6.36. The van der Waals surface area contributed by atoms with E-state index in [9.17, 15) is 9.59 Å². The van der Waals surface area contributed by atoms with Crippen molar-refractivity contribution in [2.24, 2.45) is 0 Å². The fourth-order valence-electron chi connectivity index (χ4n) is 1.79. The minimum atomic E-state index is -0.551. The van der Waals surface area contributed by atoms with Crippen LogP contribution in [0.1, 0.15) is 45.1 Å². The highest BCUT2D eigenvalue weighted by Crippen LogP contribution is 2.03. The number of amides is 1. The lowest BCUT2D eigenvalue weighted by Crippen LogP contribution is -2.38. The van der Waals surface area contributed by atoms with Gasteiger partial charge >= 0.3 is 6.09 Å². The molecule has 0 spiro atoms. The zero-order chi connectivity index (χ0) is 14.8. The van der Waals surface area contributed by atoms with E-state index in [1.54, 1.807) is 6.92 Å². The summed E-state index contributed by atoms with van der Waals surface area (Å²) in [6.45, 7) is 3.99. The van der Waals surface area contributed by atoms with Crippen LogP contribution in [-0.4, -0.2) is 17.9 Å². The van der Waals surface area contributed by atoms with Crippen LogP contribution in [0.5, 0.6) is 0 Å².